The summed E-state index contributed by atoms with van der Waals surface area (Å²) in [6.45, 7) is 0. The van der Waals surface area contributed by atoms with Crippen molar-refractivity contribution in [2.75, 3.05) is 0 Å². The first-order valence-electron chi connectivity index (χ1n) is 16.2. The van der Waals surface area contributed by atoms with E-state index in [0.29, 0.717) is 34.2 Å². The van der Waals surface area contributed by atoms with E-state index in [0.717, 1.165) is 55.4 Å². The summed E-state index contributed by atoms with van der Waals surface area (Å²) in [6, 6.07) is 45.2. The molecule has 0 amide bonds. The van der Waals surface area contributed by atoms with Crippen LogP contribution in [0.3, 0.4) is 0 Å². The second-order valence-corrected chi connectivity index (χ2v) is 12.0. The van der Waals surface area contributed by atoms with Crippen LogP contribution in [0.15, 0.2) is 150 Å². The predicted octanol–water partition coefficient (Wildman–Crippen LogP) is 9.53. The molecule has 5 aromatic heterocycles. The second kappa shape index (κ2) is 12.2. The van der Waals surface area contributed by atoms with Crippen LogP contribution in [0.25, 0.3) is 89.6 Å². The van der Waals surface area contributed by atoms with Gasteiger partial charge in [0.15, 0.2) is 0 Å². The third-order valence-corrected chi connectivity index (χ3v) is 9.16. The molecule has 1 N–H and O–H groups in total. The summed E-state index contributed by atoms with van der Waals surface area (Å²) in [4.78, 5) is 19.2. The predicted molar refractivity (Wildman–Crippen MR) is 195 cm³/mol. The van der Waals surface area contributed by atoms with Gasteiger partial charge in [0.1, 0.15) is 11.6 Å². The maximum absolute atomic E-state index is 11.1. The van der Waals surface area contributed by atoms with Crippen molar-refractivity contribution >= 4 is 38.9 Å². The van der Waals surface area contributed by atoms with E-state index in [9.17, 15) is 5.11 Å². The van der Waals surface area contributed by atoms with Crippen molar-refractivity contribution in [1.82, 2.24) is 28.9 Å². The third-order valence-electron chi connectivity index (χ3n) is 9.16. The molecule has 9 heteroatoms. The Morgan fingerprint density at radius 3 is 2.31 bits per heavy atom. The topological polar surface area (TPSA) is 94.3 Å². The average Bonchev–Trinajstić information content (AvgIpc) is 3.91. The number of hydrogen-bond donors (Lipinski definition) is 1. The maximum atomic E-state index is 11.1. The third kappa shape index (κ3) is 4.87. The molecule has 51 heavy (non-hydrogen) atoms. The van der Waals surface area contributed by atoms with Gasteiger partial charge in [-0.05, 0) is 41.6 Å². The molecule has 10 aromatic rings. The Morgan fingerprint density at radius 1 is 0.667 bits per heavy atom. The maximum Gasteiger partial charge on any atom is 0.236 e. The normalized spacial score (nSPS) is 11.5. The molecule has 0 saturated heterocycles. The number of para-hydroxylation sites is 3. The molecule has 8 nitrogen and oxygen atoms in total. The molecular weight excluding hydrogens is 816 g/mol. The van der Waals surface area contributed by atoms with Gasteiger partial charge >= 0.3 is 0 Å². The minimum Gasteiger partial charge on any atom is -0.507 e. The summed E-state index contributed by atoms with van der Waals surface area (Å²) in [5.74, 6) is 1.36. The van der Waals surface area contributed by atoms with Gasteiger partial charge in [0.25, 0.3) is 0 Å². The zero-order valence-corrected chi connectivity index (χ0v) is 29.0. The Balaban J connectivity index is 0.00000348. The Hall–Kier alpha value is -6.37. The molecule has 0 aliphatic rings. The van der Waals surface area contributed by atoms with Crippen molar-refractivity contribution in [3.8, 4) is 56.5 Å². The number of hydrogen-bond acceptors (Lipinski definition) is 6. The van der Waals surface area contributed by atoms with Crippen molar-refractivity contribution in [3.63, 3.8) is 0 Å². The summed E-state index contributed by atoms with van der Waals surface area (Å²) in [7, 11) is 0. The monoisotopic (exact) mass is 840 g/mol. The van der Waals surface area contributed by atoms with Crippen LogP contribution >= 0.6 is 0 Å². The van der Waals surface area contributed by atoms with Crippen LogP contribution in [0.5, 0.6) is 5.75 Å². The SMILES string of the molecule is Oc1ccccc1-c1nc2c(-c3cccc(-c4[c-]ccc5c4oc4c5cnc5nccn54)n3)cccc2n1-c1ccccc1-c1ccccc1.[Pt]. The zero-order chi connectivity index (χ0) is 33.2. The fraction of sp³-hybridized carbons (Fsp3) is 0. The molecule has 0 bridgehead atoms. The molecule has 0 aliphatic carbocycles. The first kappa shape index (κ1) is 30.7. The number of pyridine rings is 1. The number of aromatic nitrogens is 6. The average molecular weight is 841 g/mol. The number of nitrogens with zero attached hydrogens (tertiary/aromatic N) is 6. The van der Waals surface area contributed by atoms with Gasteiger partial charge in [0.05, 0.1) is 33.6 Å². The largest absolute Gasteiger partial charge is 0.507 e. The van der Waals surface area contributed by atoms with E-state index >= 15 is 0 Å². The van der Waals surface area contributed by atoms with Crippen LogP contribution in [-0.4, -0.2) is 34.0 Å². The van der Waals surface area contributed by atoms with E-state index in [1.807, 2.05) is 102 Å². The zero-order valence-electron chi connectivity index (χ0n) is 26.7. The Morgan fingerprint density at radius 2 is 1.43 bits per heavy atom. The fourth-order valence-corrected chi connectivity index (χ4v) is 6.88. The molecule has 0 spiro atoms. The van der Waals surface area contributed by atoms with Crippen LogP contribution in [-0.2, 0) is 21.1 Å². The van der Waals surface area contributed by atoms with E-state index in [2.05, 4.69) is 50.9 Å². The van der Waals surface area contributed by atoms with Crippen molar-refractivity contribution in [1.29, 1.82) is 0 Å². The van der Waals surface area contributed by atoms with Gasteiger partial charge < -0.3 is 9.52 Å². The van der Waals surface area contributed by atoms with Gasteiger partial charge in [-0.25, -0.2) is 15.0 Å². The summed E-state index contributed by atoms with van der Waals surface area (Å²) >= 11 is 0. The van der Waals surface area contributed by atoms with Crippen molar-refractivity contribution in [2.45, 2.75) is 0 Å². The molecule has 0 radical (unpaired) electrons. The minimum atomic E-state index is 0. The van der Waals surface area contributed by atoms with Gasteiger partial charge in [-0.15, -0.1) is 18.2 Å². The number of furan rings is 1. The summed E-state index contributed by atoms with van der Waals surface area (Å²) < 4.78 is 10.5. The standard InChI is InChI=1S/C42H25N6O2.Pt/c49-37-22-7-5-14-31(37)40-46-38-29(16-9-21-36(38)48(40)35-20-6-4-13-27(35)26-11-2-1-3-12-26)33-18-10-19-34(45-33)30-17-8-15-28-32-25-44-42-43-23-24-47(42)41(32)50-39(28)30;/h1-16,18-25,49H;/q-1;. The number of phenolic OH excluding ortho intramolecular Hbond substituents is 1. The molecule has 5 aromatic carbocycles. The Bertz CT molecular complexity index is 2910. The Labute approximate surface area is 305 Å². The number of aromatic hydroxyl groups is 1. The number of phenols is 1. The van der Waals surface area contributed by atoms with Crippen LogP contribution in [0.4, 0.5) is 0 Å². The van der Waals surface area contributed by atoms with Gasteiger partial charge in [-0.3, -0.25) is 14.0 Å². The fourth-order valence-electron chi connectivity index (χ4n) is 6.88. The quantitative estimate of drug-likeness (QED) is 0.174. The first-order chi connectivity index (χ1) is 24.7. The molecule has 246 valence electrons. The van der Waals surface area contributed by atoms with Crippen LogP contribution in [0.2, 0.25) is 0 Å². The van der Waals surface area contributed by atoms with E-state index < -0.39 is 0 Å². The van der Waals surface area contributed by atoms with Crippen LogP contribution < -0.4 is 0 Å². The van der Waals surface area contributed by atoms with E-state index in [-0.39, 0.29) is 26.8 Å². The van der Waals surface area contributed by atoms with Gasteiger partial charge in [-0.1, -0.05) is 95.9 Å². The number of rotatable bonds is 5. The first-order valence-corrected chi connectivity index (χ1v) is 16.2. The molecule has 0 fully saturated rings. The van der Waals surface area contributed by atoms with Crippen molar-refractivity contribution in [2.24, 2.45) is 0 Å². The van der Waals surface area contributed by atoms with E-state index in [1.165, 1.54) is 0 Å². The Kier molecular flexibility index (Phi) is 7.33. The van der Waals surface area contributed by atoms with Gasteiger partial charge in [-0.2, -0.15) is 0 Å². The number of fused-ring (bicyclic) bond motifs is 6. The summed E-state index contributed by atoms with van der Waals surface area (Å²) in [5.41, 5.74) is 9.78. The van der Waals surface area contributed by atoms with Crippen LogP contribution in [0.1, 0.15) is 0 Å². The van der Waals surface area contributed by atoms with Crippen LogP contribution in [0, 0.1) is 6.07 Å². The molecule has 0 aliphatic heterocycles. The summed E-state index contributed by atoms with van der Waals surface area (Å²) in [6.07, 6.45) is 5.35. The van der Waals surface area contributed by atoms with Gasteiger partial charge in [0, 0.05) is 56.2 Å². The van der Waals surface area contributed by atoms with Gasteiger partial charge in [0.2, 0.25) is 11.5 Å². The number of imidazole rings is 2. The van der Waals surface area contributed by atoms with Crippen molar-refractivity contribution < 1.29 is 30.6 Å². The van der Waals surface area contributed by atoms with Crippen molar-refractivity contribution in [3.05, 3.63) is 152 Å². The molecule has 0 atom stereocenters. The molecular formula is C42H25N6O2Pt-. The van der Waals surface area contributed by atoms with E-state index in [1.54, 1.807) is 18.5 Å². The smallest absolute Gasteiger partial charge is 0.236 e. The molecule has 10 rings (SSSR count). The second-order valence-electron chi connectivity index (χ2n) is 12.0. The number of benzene rings is 5. The molecule has 0 saturated carbocycles. The summed E-state index contributed by atoms with van der Waals surface area (Å²) in [5, 5.41) is 12.9. The van der Waals surface area contributed by atoms with E-state index in [4.69, 9.17) is 14.4 Å². The molecule has 0 unspecified atom stereocenters. The molecule has 5 heterocycles. The minimum absolute atomic E-state index is 0.